The molecule has 112 valence electrons. The summed E-state index contributed by atoms with van der Waals surface area (Å²) in [6, 6.07) is 10.5. The van der Waals surface area contributed by atoms with Crippen molar-refractivity contribution in [3.8, 4) is 0 Å². The molecule has 0 amide bonds. The lowest BCUT2D eigenvalue weighted by Gasteiger charge is -2.20. The van der Waals surface area contributed by atoms with Crippen LogP contribution < -0.4 is 5.32 Å². The van der Waals surface area contributed by atoms with E-state index in [9.17, 15) is 4.39 Å². The number of benzene rings is 2. The summed E-state index contributed by atoms with van der Waals surface area (Å²) >= 11 is 15.5. The van der Waals surface area contributed by atoms with Crippen molar-refractivity contribution in [2.45, 2.75) is 19.4 Å². The summed E-state index contributed by atoms with van der Waals surface area (Å²) in [7, 11) is 0. The molecule has 0 aromatic heterocycles. The molecule has 0 fully saturated rings. The lowest BCUT2D eigenvalue weighted by Crippen LogP contribution is -2.23. The van der Waals surface area contributed by atoms with Gasteiger partial charge in [-0.3, -0.25) is 0 Å². The molecule has 2 aromatic rings. The topological polar surface area (TPSA) is 12.0 Å². The predicted molar refractivity (Wildman–Crippen MR) is 90.7 cm³/mol. The normalized spacial score (nSPS) is 12.4. The van der Waals surface area contributed by atoms with Gasteiger partial charge >= 0.3 is 0 Å². The molecule has 0 saturated heterocycles. The molecule has 1 unspecified atom stereocenters. The van der Waals surface area contributed by atoms with Crippen LogP contribution in [0.4, 0.5) is 4.39 Å². The Labute approximate surface area is 142 Å². The zero-order chi connectivity index (χ0) is 15.4. The lowest BCUT2D eigenvalue weighted by molar-refractivity contribution is 0.545. The Morgan fingerprint density at radius 2 is 2.00 bits per heavy atom. The van der Waals surface area contributed by atoms with E-state index < -0.39 is 0 Å². The van der Waals surface area contributed by atoms with Gasteiger partial charge in [0.15, 0.2) is 0 Å². The number of hydrogen-bond donors (Lipinski definition) is 1. The van der Waals surface area contributed by atoms with Crippen LogP contribution in [-0.4, -0.2) is 6.54 Å². The van der Waals surface area contributed by atoms with E-state index in [2.05, 4.69) is 21.2 Å². The van der Waals surface area contributed by atoms with Gasteiger partial charge in [-0.2, -0.15) is 0 Å². The highest BCUT2D eigenvalue weighted by atomic mass is 79.9. The molecule has 5 heteroatoms. The van der Waals surface area contributed by atoms with Gasteiger partial charge in [-0.25, -0.2) is 4.39 Å². The largest absolute Gasteiger partial charge is 0.310 e. The molecule has 2 rings (SSSR count). The number of halogens is 4. The fourth-order valence-corrected chi connectivity index (χ4v) is 3.22. The summed E-state index contributed by atoms with van der Waals surface area (Å²) in [5.41, 5.74) is 1.85. The van der Waals surface area contributed by atoms with E-state index in [4.69, 9.17) is 23.2 Å². The van der Waals surface area contributed by atoms with Crippen molar-refractivity contribution >= 4 is 39.1 Å². The average molecular weight is 391 g/mol. The van der Waals surface area contributed by atoms with E-state index >= 15 is 0 Å². The molecule has 0 aliphatic heterocycles. The first kappa shape index (κ1) is 16.8. The van der Waals surface area contributed by atoms with Gasteiger partial charge in [0.05, 0.1) is 4.47 Å². The zero-order valence-corrected chi connectivity index (χ0v) is 14.6. The number of hydrogen-bond acceptors (Lipinski definition) is 1. The van der Waals surface area contributed by atoms with E-state index in [-0.39, 0.29) is 11.9 Å². The van der Waals surface area contributed by atoms with Crippen molar-refractivity contribution in [3.63, 3.8) is 0 Å². The monoisotopic (exact) mass is 389 g/mol. The molecule has 0 saturated carbocycles. The Balaban J connectivity index is 2.33. The minimum atomic E-state index is -0.259. The smallest absolute Gasteiger partial charge is 0.137 e. The standard InChI is InChI=1S/C16H15BrCl2FN/c1-2-21-15(12-7-6-11(18)9-13(12)19)8-10-4-3-5-14(20)16(10)17/h3-7,9,15,21H,2,8H2,1H3. The highest BCUT2D eigenvalue weighted by Crippen LogP contribution is 2.31. The lowest BCUT2D eigenvalue weighted by atomic mass is 9.98. The summed E-state index contributed by atoms with van der Waals surface area (Å²) in [4.78, 5) is 0. The first-order chi connectivity index (χ1) is 10.0. The molecule has 21 heavy (non-hydrogen) atoms. The highest BCUT2D eigenvalue weighted by Gasteiger charge is 2.17. The molecule has 0 heterocycles. The summed E-state index contributed by atoms with van der Waals surface area (Å²) in [5, 5.41) is 4.60. The molecule has 0 bridgehead atoms. The second kappa shape index (κ2) is 7.59. The van der Waals surface area contributed by atoms with Gasteiger partial charge in [0.2, 0.25) is 0 Å². The minimum Gasteiger partial charge on any atom is -0.310 e. The molecule has 2 aromatic carbocycles. The van der Waals surface area contributed by atoms with Crippen molar-refractivity contribution in [2.75, 3.05) is 6.54 Å². The molecule has 0 spiro atoms. The Bertz CT molecular complexity index is 634. The predicted octanol–water partition coefficient (Wildman–Crippen LogP) is 5.79. The minimum absolute atomic E-state index is 0.00198. The van der Waals surface area contributed by atoms with E-state index in [1.165, 1.54) is 6.07 Å². The summed E-state index contributed by atoms with van der Waals surface area (Å²) in [6.45, 7) is 2.81. The maximum Gasteiger partial charge on any atom is 0.137 e. The van der Waals surface area contributed by atoms with E-state index in [1.807, 2.05) is 25.1 Å². The second-order valence-electron chi connectivity index (χ2n) is 4.69. The third-order valence-electron chi connectivity index (χ3n) is 3.24. The number of nitrogens with one attached hydrogen (secondary N) is 1. The molecule has 1 atom stereocenters. The van der Waals surface area contributed by atoms with Crippen LogP contribution in [0, 0.1) is 5.82 Å². The van der Waals surface area contributed by atoms with Crippen LogP contribution in [-0.2, 0) is 6.42 Å². The van der Waals surface area contributed by atoms with Gasteiger partial charge < -0.3 is 5.32 Å². The van der Waals surface area contributed by atoms with Crippen molar-refractivity contribution in [1.29, 1.82) is 0 Å². The Hall–Kier alpha value is -0.610. The molecule has 1 N–H and O–H groups in total. The van der Waals surface area contributed by atoms with Gasteiger partial charge in [-0.15, -0.1) is 0 Å². The number of rotatable bonds is 5. The summed E-state index contributed by atoms with van der Waals surface area (Å²) in [6.07, 6.45) is 0.632. The van der Waals surface area contributed by atoms with Crippen molar-refractivity contribution in [3.05, 3.63) is 67.9 Å². The van der Waals surface area contributed by atoms with Gasteiger partial charge in [0, 0.05) is 16.1 Å². The zero-order valence-electron chi connectivity index (χ0n) is 11.5. The molecule has 0 radical (unpaired) electrons. The van der Waals surface area contributed by atoms with Gasteiger partial charge in [0.1, 0.15) is 5.82 Å². The maximum absolute atomic E-state index is 13.6. The van der Waals surface area contributed by atoms with E-state index in [1.54, 1.807) is 12.1 Å². The molecule has 0 aliphatic rings. The van der Waals surface area contributed by atoms with Crippen molar-refractivity contribution in [1.82, 2.24) is 5.32 Å². The van der Waals surface area contributed by atoms with Crippen LogP contribution in [0.5, 0.6) is 0 Å². The molecule has 0 aliphatic carbocycles. The highest BCUT2D eigenvalue weighted by molar-refractivity contribution is 9.10. The van der Waals surface area contributed by atoms with Crippen molar-refractivity contribution in [2.24, 2.45) is 0 Å². The van der Waals surface area contributed by atoms with Crippen LogP contribution >= 0.6 is 39.1 Å². The fourth-order valence-electron chi connectivity index (χ4n) is 2.25. The van der Waals surface area contributed by atoms with Gasteiger partial charge in [-0.05, 0) is 58.2 Å². The molecular weight excluding hydrogens is 376 g/mol. The van der Waals surface area contributed by atoms with Gasteiger partial charge in [-0.1, -0.05) is 48.3 Å². The first-order valence-electron chi connectivity index (χ1n) is 6.64. The van der Waals surface area contributed by atoms with Crippen LogP contribution in [0.15, 0.2) is 40.9 Å². The van der Waals surface area contributed by atoms with Crippen LogP contribution in [0.1, 0.15) is 24.1 Å². The maximum atomic E-state index is 13.6. The number of likely N-dealkylation sites (N-methyl/N-ethyl adjacent to an activating group) is 1. The average Bonchev–Trinajstić information content (AvgIpc) is 2.43. The third kappa shape index (κ3) is 4.19. The molecule has 1 nitrogen and oxygen atoms in total. The second-order valence-corrected chi connectivity index (χ2v) is 6.33. The van der Waals surface area contributed by atoms with E-state index in [0.717, 1.165) is 17.7 Å². The Morgan fingerprint density at radius 1 is 1.24 bits per heavy atom. The van der Waals surface area contributed by atoms with E-state index in [0.29, 0.717) is 20.9 Å². The van der Waals surface area contributed by atoms with Crippen LogP contribution in [0.2, 0.25) is 10.0 Å². The van der Waals surface area contributed by atoms with Gasteiger partial charge in [0.25, 0.3) is 0 Å². The Morgan fingerprint density at radius 3 is 2.67 bits per heavy atom. The van der Waals surface area contributed by atoms with Crippen LogP contribution in [0.3, 0.4) is 0 Å². The van der Waals surface area contributed by atoms with Crippen LogP contribution in [0.25, 0.3) is 0 Å². The first-order valence-corrected chi connectivity index (χ1v) is 8.19. The Kier molecular flexibility index (Phi) is 6.06. The summed E-state index contributed by atoms with van der Waals surface area (Å²) in [5.74, 6) is -0.259. The van der Waals surface area contributed by atoms with Crippen molar-refractivity contribution < 1.29 is 4.39 Å². The quantitative estimate of drug-likeness (QED) is 0.681. The summed E-state index contributed by atoms with van der Waals surface area (Å²) < 4.78 is 14.1. The third-order valence-corrected chi connectivity index (χ3v) is 4.69. The SMILES string of the molecule is CCNC(Cc1cccc(F)c1Br)c1ccc(Cl)cc1Cl. The fraction of sp³-hybridized carbons (Fsp3) is 0.250. The molecular formula is C16H15BrCl2FN.